The second kappa shape index (κ2) is 5.42. The summed E-state index contributed by atoms with van der Waals surface area (Å²) in [4.78, 5) is 0. The van der Waals surface area contributed by atoms with Crippen molar-refractivity contribution >= 4 is 27.5 Å². The molecule has 0 radical (unpaired) electrons. The number of benzene rings is 1. The van der Waals surface area contributed by atoms with E-state index in [0.717, 1.165) is 15.8 Å². The first-order chi connectivity index (χ1) is 7.36. The molecule has 0 aliphatic rings. The molecule has 0 spiro atoms. The van der Waals surface area contributed by atoms with E-state index < -0.39 is 0 Å². The van der Waals surface area contributed by atoms with Crippen molar-refractivity contribution in [2.45, 2.75) is 33.1 Å². The summed E-state index contributed by atoms with van der Waals surface area (Å²) in [5.74, 6) is 0.865. The smallest absolute Gasteiger partial charge is 0.133 e. The second-order valence-electron chi connectivity index (χ2n) is 4.85. The van der Waals surface area contributed by atoms with E-state index in [1.165, 1.54) is 0 Å². The Morgan fingerprint density at radius 1 is 1.38 bits per heavy atom. The number of hydrogen-bond donors (Lipinski definition) is 0. The van der Waals surface area contributed by atoms with Crippen LogP contribution in [0.2, 0.25) is 0 Å². The maximum atomic E-state index is 6.42. The lowest BCUT2D eigenvalue weighted by Crippen LogP contribution is -2.13. The van der Waals surface area contributed by atoms with Gasteiger partial charge in [0.2, 0.25) is 0 Å². The van der Waals surface area contributed by atoms with Crippen molar-refractivity contribution < 1.29 is 4.74 Å². The zero-order valence-electron chi connectivity index (χ0n) is 10.2. The van der Waals surface area contributed by atoms with Crippen LogP contribution in [0, 0.1) is 5.41 Å². The molecule has 1 aromatic carbocycles. The zero-order chi connectivity index (χ0) is 12.3. The Kier molecular flexibility index (Phi) is 4.69. The minimum Gasteiger partial charge on any atom is -0.493 e. The Morgan fingerprint density at radius 3 is 2.44 bits per heavy atom. The summed E-state index contributed by atoms with van der Waals surface area (Å²) in [6.45, 7) is 9.04. The number of rotatable bonds is 3. The van der Waals surface area contributed by atoms with E-state index in [0.29, 0.717) is 6.61 Å². The van der Waals surface area contributed by atoms with Crippen LogP contribution in [0.15, 0.2) is 22.7 Å². The van der Waals surface area contributed by atoms with Crippen molar-refractivity contribution in [1.82, 2.24) is 0 Å². The van der Waals surface area contributed by atoms with E-state index in [2.05, 4.69) is 36.7 Å². The highest BCUT2D eigenvalue weighted by Gasteiger charge is 2.24. The predicted octanol–water partition coefficient (Wildman–Crippen LogP) is 5.17. The fourth-order valence-electron chi connectivity index (χ4n) is 1.45. The third-order valence-corrected chi connectivity index (χ3v) is 3.84. The second-order valence-corrected chi connectivity index (χ2v) is 6.14. The van der Waals surface area contributed by atoms with Gasteiger partial charge in [-0.3, -0.25) is 0 Å². The van der Waals surface area contributed by atoms with E-state index in [1.807, 2.05) is 25.1 Å². The highest BCUT2D eigenvalue weighted by atomic mass is 79.9. The molecule has 0 heterocycles. The Labute approximate surface area is 111 Å². The zero-order valence-corrected chi connectivity index (χ0v) is 12.5. The average Bonchev–Trinajstić information content (AvgIpc) is 2.19. The summed E-state index contributed by atoms with van der Waals surface area (Å²) in [6, 6.07) is 6.02. The van der Waals surface area contributed by atoms with Crippen LogP contribution in [-0.4, -0.2) is 6.61 Å². The van der Waals surface area contributed by atoms with E-state index >= 15 is 0 Å². The number of hydrogen-bond acceptors (Lipinski definition) is 1. The van der Waals surface area contributed by atoms with E-state index in [-0.39, 0.29) is 10.8 Å². The fraction of sp³-hybridized carbons (Fsp3) is 0.538. The molecule has 90 valence electrons. The summed E-state index contributed by atoms with van der Waals surface area (Å²) in [5.41, 5.74) is 1.17. The largest absolute Gasteiger partial charge is 0.493 e. The molecule has 1 rings (SSSR count). The van der Waals surface area contributed by atoms with E-state index in [4.69, 9.17) is 16.3 Å². The van der Waals surface area contributed by atoms with Gasteiger partial charge in [-0.1, -0.05) is 26.8 Å². The first kappa shape index (κ1) is 13.9. The summed E-state index contributed by atoms with van der Waals surface area (Å²) < 4.78 is 6.43. The van der Waals surface area contributed by atoms with Crippen LogP contribution in [-0.2, 0) is 0 Å². The predicted molar refractivity (Wildman–Crippen MR) is 73.4 cm³/mol. The molecule has 0 saturated carbocycles. The summed E-state index contributed by atoms with van der Waals surface area (Å²) in [7, 11) is 0. The third-order valence-electron chi connectivity index (χ3n) is 2.31. The number of halogens is 2. The monoisotopic (exact) mass is 304 g/mol. The number of ether oxygens (including phenoxy) is 1. The number of alkyl halides is 1. The topological polar surface area (TPSA) is 9.23 Å². The molecule has 0 aromatic heterocycles. The molecule has 1 unspecified atom stereocenters. The van der Waals surface area contributed by atoms with Gasteiger partial charge in [0.25, 0.3) is 0 Å². The van der Waals surface area contributed by atoms with Gasteiger partial charge in [0.1, 0.15) is 5.75 Å². The normalized spacial score (nSPS) is 13.6. The Morgan fingerprint density at radius 2 is 2.00 bits per heavy atom. The summed E-state index contributed by atoms with van der Waals surface area (Å²) >= 11 is 9.92. The van der Waals surface area contributed by atoms with Gasteiger partial charge in [-0.2, -0.15) is 0 Å². The van der Waals surface area contributed by atoms with Gasteiger partial charge in [-0.15, -0.1) is 11.6 Å². The van der Waals surface area contributed by atoms with Crippen LogP contribution in [0.3, 0.4) is 0 Å². The van der Waals surface area contributed by atoms with E-state index in [9.17, 15) is 0 Å². The molecule has 1 atom stereocenters. The van der Waals surface area contributed by atoms with Crippen molar-refractivity contribution in [2.75, 3.05) is 6.61 Å². The molecule has 0 N–H and O–H groups in total. The third kappa shape index (κ3) is 3.39. The van der Waals surface area contributed by atoms with Gasteiger partial charge in [0, 0.05) is 0 Å². The Bertz CT molecular complexity index is 357. The molecule has 3 heteroatoms. The molecule has 1 aromatic rings. The molecule has 0 aliphatic heterocycles. The molecular formula is C13H18BrClO. The van der Waals surface area contributed by atoms with Crippen LogP contribution in [0.5, 0.6) is 5.75 Å². The summed E-state index contributed by atoms with van der Waals surface area (Å²) in [5, 5.41) is -0.000485. The van der Waals surface area contributed by atoms with Gasteiger partial charge in [0.15, 0.2) is 0 Å². The molecule has 0 amide bonds. The minimum absolute atomic E-state index is 0.000485. The first-order valence-corrected chi connectivity index (χ1v) is 6.65. The van der Waals surface area contributed by atoms with Crippen LogP contribution in [0.25, 0.3) is 0 Å². The SMILES string of the molecule is CCOc1ccc(C(Cl)C(C)(C)C)cc1Br. The lowest BCUT2D eigenvalue weighted by Gasteiger charge is -2.25. The fourth-order valence-corrected chi connectivity index (χ4v) is 2.09. The van der Waals surface area contributed by atoms with Gasteiger partial charge in [-0.05, 0) is 46.0 Å². The van der Waals surface area contributed by atoms with Gasteiger partial charge in [0.05, 0.1) is 16.5 Å². The van der Waals surface area contributed by atoms with Crippen LogP contribution < -0.4 is 4.74 Å². The van der Waals surface area contributed by atoms with E-state index in [1.54, 1.807) is 0 Å². The highest BCUT2D eigenvalue weighted by molar-refractivity contribution is 9.10. The van der Waals surface area contributed by atoms with Crippen LogP contribution in [0.1, 0.15) is 38.6 Å². The standard InChI is InChI=1S/C13H18BrClO/c1-5-16-11-7-6-9(8-10(11)14)12(15)13(2,3)4/h6-8,12H,5H2,1-4H3. The quantitative estimate of drug-likeness (QED) is 0.700. The lowest BCUT2D eigenvalue weighted by atomic mass is 9.87. The van der Waals surface area contributed by atoms with Gasteiger partial charge in [-0.25, -0.2) is 0 Å². The van der Waals surface area contributed by atoms with Crippen molar-refractivity contribution in [3.8, 4) is 5.75 Å². The Hall–Kier alpha value is -0.210. The van der Waals surface area contributed by atoms with Gasteiger partial charge >= 0.3 is 0 Å². The maximum Gasteiger partial charge on any atom is 0.133 e. The highest BCUT2D eigenvalue weighted by Crippen LogP contribution is 2.40. The molecule has 0 saturated heterocycles. The van der Waals surface area contributed by atoms with Crippen molar-refractivity contribution in [3.05, 3.63) is 28.2 Å². The average molecular weight is 306 g/mol. The molecule has 16 heavy (non-hydrogen) atoms. The Balaban J connectivity index is 2.97. The van der Waals surface area contributed by atoms with Crippen LogP contribution >= 0.6 is 27.5 Å². The molecule has 1 nitrogen and oxygen atoms in total. The van der Waals surface area contributed by atoms with Gasteiger partial charge < -0.3 is 4.74 Å². The molecule has 0 aliphatic carbocycles. The molecular weight excluding hydrogens is 287 g/mol. The maximum absolute atomic E-state index is 6.42. The molecule has 0 fully saturated rings. The van der Waals surface area contributed by atoms with Crippen molar-refractivity contribution in [3.63, 3.8) is 0 Å². The summed E-state index contributed by atoms with van der Waals surface area (Å²) in [6.07, 6.45) is 0. The first-order valence-electron chi connectivity index (χ1n) is 5.42. The van der Waals surface area contributed by atoms with Crippen LogP contribution in [0.4, 0.5) is 0 Å². The molecule has 0 bridgehead atoms. The minimum atomic E-state index is -0.000485. The lowest BCUT2D eigenvalue weighted by molar-refractivity contribution is 0.337. The van der Waals surface area contributed by atoms with Crippen molar-refractivity contribution in [1.29, 1.82) is 0 Å². The van der Waals surface area contributed by atoms with Crippen molar-refractivity contribution in [2.24, 2.45) is 5.41 Å².